The molecule has 0 saturated carbocycles. The van der Waals surface area contributed by atoms with Gasteiger partial charge in [0.2, 0.25) is 0 Å². The smallest absolute Gasteiger partial charge is 0.168 e. The van der Waals surface area contributed by atoms with Crippen LogP contribution in [-0.2, 0) is 0 Å². The minimum absolute atomic E-state index is 0.180. The zero-order valence-electron chi connectivity index (χ0n) is 11.5. The molecule has 4 rings (SSSR count). The van der Waals surface area contributed by atoms with Crippen molar-refractivity contribution in [3.05, 3.63) is 64.7 Å². The molecule has 100 valence electrons. The van der Waals surface area contributed by atoms with Gasteiger partial charge in [-0.3, -0.25) is 4.79 Å². The van der Waals surface area contributed by atoms with Crippen LogP contribution in [0.5, 0.6) is 0 Å². The number of rotatable bonds is 0. The summed E-state index contributed by atoms with van der Waals surface area (Å²) in [5.41, 5.74) is 4.91. The fourth-order valence-electron chi connectivity index (χ4n) is 3.44. The van der Waals surface area contributed by atoms with Crippen molar-refractivity contribution >= 4 is 22.1 Å². The van der Waals surface area contributed by atoms with Crippen LogP contribution in [0.25, 0.3) is 16.3 Å². The summed E-state index contributed by atoms with van der Waals surface area (Å²) in [7, 11) is 0. The van der Waals surface area contributed by atoms with Crippen molar-refractivity contribution in [3.63, 3.8) is 0 Å². The van der Waals surface area contributed by atoms with Crippen LogP contribution >= 0.6 is 0 Å². The van der Waals surface area contributed by atoms with Crippen molar-refractivity contribution in [2.24, 2.45) is 0 Å². The fourth-order valence-corrected chi connectivity index (χ4v) is 3.44. The van der Waals surface area contributed by atoms with E-state index in [0.717, 1.165) is 34.7 Å². The molecule has 0 heterocycles. The van der Waals surface area contributed by atoms with E-state index in [1.807, 2.05) is 24.3 Å². The molecule has 0 aliphatic heterocycles. The monoisotopic (exact) mass is 271 g/mol. The molecule has 0 bridgehead atoms. The van der Waals surface area contributed by atoms with Crippen molar-refractivity contribution in [1.82, 2.24) is 0 Å². The molecule has 0 amide bonds. The number of nitriles is 1. The summed E-state index contributed by atoms with van der Waals surface area (Å²) >= 11 is 0. The van der Waals surface area contributed by atoms with Crippen LogP contribution < -0.4 is 0 Å². The number of hydrogen-bond donors (Lipinski definition) is 0. The highest BCUT2D eigenvalue weighted by molar-refractivity contribution is 6.16. The van der Waals surface area contributed by atoms with Crippen molar-refractivity contribution in [2.45, 2.75) is 19.3 Å². The van der Waals surface area contributed by atoms with Gasteiger partial charge in [-0.2, -0.15) is 5.26 Å². The summed E-state index contributed by atoms with van der Waals surface area (Å²) in [4.78, 5) is 12.6. The van der Waals surface area contributed by atoms with Crippen LogP contribution in [0.15, 0.2) is 48.1 Å². The average molecular weight is 271 g/mol. The molecule has 2 nitrogen and oxygen atoms in total. The van der Waals surface area contributed by atoms with E-state index in [2.05, 4.69) is 18.2 Å². The van der Waals surface area contributed by atoms with Gasteiger partial charge in [-0.1, -0.05) is 42.0 Å². The largest absolute Gasteiger partial charge is 0.294 e. The SMILES string of the molecule is N#Cc1cccc2c3c(ccc12)C1=C(CCC=C1)CC3=O. The highest BCUT2D eigenvalue weighted by Gasteiger charge is 2.26. The van der Waals surface area contributed by atoms with Crippen molar-refractivity contribution in [1.29, 1.82) is 5.26 Å². The molecule has 2 aromatic rings. The van der Waals surface area contributed by atoms with Crippen LogP contribution in [0.1, 0.15) is 40.7 Å². The van der Waals surface area contributed by atoms with Gasteiger partial charge in [-0.15, -0.1) is 0 Å². The fraction of sp³-hybridized carbons (Fsp3) is 0.158. The van der Waals surface area contributed by atoms with Gasteiger partial charge >= 0.3 is 0 Å². The topological polar surface area (TPSA) is 40.9 Å². The Morgan fingerprint density at radius 2 is 2.00 bits per heavy atom. The van der Waals surface area contributed by atoms with Gasteiger partial charge in [0, 0.05) is 17.4 Å². The third kappa shape index (κ3) is 1.68. The molecule has 0 fully saturated rings. The van der Waals surface area contributed by atoms with E-state index in [9.17, 15) is 10.1 Å². The number of carbonyl (C=O) groups is 1. The lowest BCUT2D eigenvalue weighted by Crippen LogP contribution is -2.14. The number of Topliss-reactive ketones (excluding diaryl/α,β-unsaturated/α-hetero) is 1. The minimum atomic E-state index is 0.180. The summed E-state index contributed by atoms with van der Waals surface area (Å²) in [6, 6.07) is 11.8. The summed E-state index contributed by atoms with van der Waals surface area (Å²) < 4.78 is 0. The van der Waals surface area contributed by atoms with E-state index < -0.39 is 0 Å². The average Bonchev–Trinajstić information content (AvgIpc) is 2.53. The predicted molar refractivity (Wildman–Crippen MR) is 82.9 cm³/mol. The Bertz CT molecular complexity index is 894. The van der Waals surface area contributed by atoms with Gasteiger partial charge in [0.1, 0.15) is 0 Å². The third-order valence-corrected chi connectivity index (χ3v) is 4.40. The van der Waals surface area contributed by atoms with Gasteiger partial charge in [0.15, 0.2) is 5.78 Å². The Hall–Kier alpha value is -2.66. The number of nitrogens with zero attached hydrogens (tertiary/aromatic N) is 1. The first-order chi connectivity index (χ1) is 10.3. The first-order valence-corrected chi connectivity index (χ1v) is 7.17. The van der Waals surface area contributed by atoms with Crippen molar-refractivity contribution < 1.29 is 4.79 Å². The van der Waals surface area contributed by atoms with Gasteiger partial charge in [0.05, 0.1) is 11.6 Å². The molecule has 0 atom stereocenters. The van der Waals surface area contributed by atoms with Crippen LogP contribution in [0.2, 0.25) is 0 Å². The van der Waals surface area contributed by atoms with Gasteiger partial charge in [-0.05, 0) is 35.4 Å². The molecular formula is C19H13NO. The van der Waals surface area contributed by atoms with E-state index in [1.165, 1.54) is 11.1 Å². The number of allylic oxidation sites excluding steroid dienone is 4. The highest BCUT2D eigenvalue weighted by atomic mass is 16.1. The van der Waals surface area contributed by atoms with E-state index in [-0.39, 0.29) is 5.78 Å². The lowest BCUT2D eigenvalue weighted by atomic mass is 9.78. The van der Waals surface area contributed by atoms with E-state index >= 15 is 0 Å². The first-order valence-electron chi connectivity index (χ1n) is 7.17. The number of ketones is 1. The Kier molecular flexibility index (Phi) is 2.55. The highest BCUT2D eigenvalue weighted by Crippen LogP contribution is 2.40. The maximum Gasteiger partial charge on any atom is 0.168 e. The van der Waals surface area contributed by atoms with E-state index in [1.54, 1.807) is 6.07 Å². The maximum atomic E-state index is 12.6. The number of hydrogen-bond acceptors (Lipinski definition) is 2. The molecule has 2 aliphatic rings. The second-order valence-corrected chi connectivity index (χ2v) is 5.56. The molecule has 0 saturated heterocycles. The minimum Gasteiger partial charge on any atom is -0.294 e. The van der Waals surface area contributed by atoms with Gasteiger partial charge in [-0.25, -0.2) is 0 Å². The Labute approximate surface area is 123 Å². The summed E-state index contributed by atoms with van der Waals surface area (Å²) in [6.07, 6.45) is 6.84. The first kappa shape index (κ1) is 12.1. The van der Waals surface area contributed by atoms with Gasteiger partial charge in [0.25, 0.3) is 0 Å². The number of fused-ring (bicyclic) bond motifs is 4. The molecule has 2 heteroatoms. The van der Waals surface area contributed by atoms with Crippen LogP contribution in [0.3, 0.4) is 0 Å². The van der Waals surface area contributed by atoms with E-state index in [4.69, 9.17) is 0 Å². The molecule has 2 aliphatic carbocycles. The molecule has 0 aromatic heterocycles. The quantitative estimate of drug-likeness (QED) is 0.712. The third-order valence-electron chi connectivity index (χ3n) is 4.40. The van der Waals surface area contributed by atoms with Gasteiger partial charge < -0.3 is 0 Å². The number of carbonyl (C=O) groups excluding carboxylic acids is 1. The second-order valence-electron chi connectivity index (χ2n) is 5.56. The molecule has 0 unspecified atom stereocenters. The second kappa shape index (κ2) is 4.43. The van der Waals surface area contributed by atoms with E-state index in [0.29, 0.717) is 12.0 Å². The molecule has 0 N–H and O–H groups in total. The lowest BCUT2D eigenvalue weighted by molar-refractivity contribution is 0.0992. The van der Waals surface area contributed by atoms with Crippen LogP contribution in [-0.4, -0.2) is 5.78 Å². The molecule has 21 heavy (non-hydrogen) atoms. The lowest BCUT2D eigenvalue weighted by Gasteiger charge is -2.24. The Morgan fingerprint density at radius 3 is 2.86 bits per heavy atom. The molecule has 0 spiro atoms. The predicted octanol–water partition coefficient (Wildman–Crippen LogP) is 4.40. The summed E-state index contributed by atoms with van der Waals surface area (Å²) in [6.45, 7) is 0. The summed E-state index contributed by atoms with van der Waals surface area (Å²) in [5.74, 6) is 0.180. The number of benzene rings is 2. The molecule has 2 aromatic carbocycles. The molecular weight excluding hydrogens is 258 g/mol. The van der Waals surface area contributed by atoms with Crippen molar-refractivity contribution in [3.8, 4) is 6.07 Å². The Morgan fingerprint density at radius 1 is 1.10 bits per heavy atom. The van der Waals surface area contributed by atoms with Crippen molar-refractivity contribution in [2.75, 3.05) is 0 Å². The summed E-state index contributed by atoms with van der Waals surface area (Å²) in [5, 5.41) is 11.0. The Balaban J connectivity index is 2.10. The zero-order valence-corrected chi connectivity index (χ0v) is 11.5. The maximum absolute atomic E-state index is 12.6. The standard InChI is InChI=1S/C19H13NO/c20-11-13-5-3-7-16-15(13)8-9-17-14-6-2-1-4-12(14)10-18(21)19(16)17/h2-3,5-9H,1,4,10H2. The zero-order chi connectivity index (χ0) is 14.4. The van der Waals surface area contributed by atoms with Crippen LogP contribution in [0, 0.1) is 11.3 Å². The molecule has 0 radical (unpaired) electrons. The van der Waals surface area contributed by atoms with Crippen LogP contribution in [0.4, 0.5) is 0 Å². The normalized spacial score (nSPS) is 16.6.